The number of carbonyl (C=O) groups is 3. The van der Waals surface area contributed by atoms with Gasteiger partial charge in [0.25, 0.3) is 5.91 Å². The number of urea groups is 1. The van der Waals surface area contributed by atoms with Gasteiger partial charge in [-0.25, -0.2) is 14.7 Å². The maximum atomic E-state index is 12.4. The van der Waals surface area contributed by atoms with Crippen LogP contribution < -0.4 is 10.6 Å². The summed E-state index contributed by atoms with van der Waals surface area (Å²) in [6.45, 7) is 1.46. The molecule has 0 saturated carbocycles. The standard InChI is InChI=1S/C18H16N4O3S/c1-12(9-13-5-3-2-4-6-13)10-14-16(24)22(18(25)20-14)11-15(23)21-17-19-7-8-26-17/h2-10H,11H2,1H3,(H,20,25)(H,19,21,23)/b12-9+,14-10-. The van der Waals surface area contributed by atoms with Gasteiger partial charge < -0.3 is 10.6 Å². The number of allylic oxidation sites excluding steroid dienone is 2. The lowest BCUT2D eigenvalue weighted by molar-refractivity contribution is -0.127. The summed E-state index contributed by atoms with van der Waals surface area (Å²) in [6, 6.07) is 9.00. The second kappa shape index (κ2) is 7.75. The summed E-state index contributed by atoms with van der Waals surface area (Å²) in [5, 5.41) is 7.17. The summed E-state index contributed by atoms with van der Waals surface area (Å²) < 4.78 is 0. The van der Waals surface area contributed by atoms with Gasteiger partial charge >= 0.3 is 6.03 Å². The molecule has 2 aromatic rings. The van der Waals surface area contributed by atoms with Crippen LogP contribution in [0.4, 0.5) is 9.93 Å². The first-order chi connectivity index (χ1) is 12.5. The van der Waals surface area contributed by atoms with Crippen molar-refractivity contribution < 1.29 is 14.4 Å². The Kier molecular flexibility index (Phi) is 5.23. The molecule has 2 N–H and O–H groups in total. The van der Waals surface area contributed by atoms with E-state index in [0.29, 0.717) is 5.13 Å². The average Bonchev–Trinajstić information content (AvgIpc) is 3.20. The molecule has 0 radical (unpaired) electrons. The monoisotopic (exact) mass is 368 g/mol. The third-order valence-electron chi connectivity index (χ3n) is 3.51. The van der Waals surface area contributed by atoms with Crippen molar-refractivity contribution >= 4 is 40.4 Å². The minimum atomic E-state index is -0.622. The number of anilines is 1. The molecule has 26 heavy (non-hydrogen) atoms. The van der Waals surface area contributed by atoms with Crippen LogP contribution in [0.1, 0.15) is 12.5 Å². The fourth-order valence-electron chi connectivity index (χ4n) is 2.38. The summed E-state index contributed by atoms with van der Waals surface area (Å²) in [5.41, 5.74) is 1.92. The Labute approximate surface area is 154 Å². The van der Waals surface area contributed by atoms with Crippen molar-refractivity contribution in [3.05, 3.63) is 64.8 Å². The van der Waals surface area contributed by atoms with E-state index in [1.54, 1.807) is 17.7 Å². The first-order valence-electron chi connectivity index (χ1n) is 7.80. The highest BCUT2D eigenvalue weighted by Crippen LogP contribution is 2.15. The van der Waals surface area contributed by atoms with Crippen molar-refractivity contribution in [2.75, 3.05) is 11.9 Å². The number of benzene rings is 1. The lowest BCUT2D eigenvalue weighted by Crippen LogP contribution is -2.38. The molecule has 1 aromatic carbocycles. The van der Waals surface area contributed by atoms with Crippen LogP contribution in [0.15, 0.2) is 59.3 Å². The molecule has 7 nitrogen and oxygen atoms in total. The quantitative estimate of drug-likeness (QED) is 0.627. The summed E-state index contributed by atoms with van der Waals surface area (Å²) in [6.07, 6.45) is 5.03. The summed E-state index contributed by atoms with van der Waals surface area (Å²) in [4.78, 5) is 41.2. The molecule has 0 unspecified atom stereocenters. The molecular weight excluding hydrogens is 352 g/mol. The molecular formula is C18H16N4O3S. The van der Waals surface area contributed by atoms with Gasteiger partial charge in [0.05, 0.1) is 0 Å². The number of imide groups is 1. The molecule has 1 saturated heterocycles. The third-order valence-corrected chi connectivity index (χ3v) is 4.20. The zero-order valence-electron chi connectivity index (χ0n) is 13.9. The number of thiazole rings is 1. The van der Waals surface area contributed by atoms with Gasteiger partial charge in [-0.3, -0.25) is 9.59 Å². The van der Waals surface area contributed by atoms with Crippen LogP contribution in [0.25, 0.3) is 6.08 Å². The van der Waals surface area contributed by atoms with Crippen LogP contribution in [0.3, 0.4) is 0 Å². The highest BCUT2D eigenvalue weighted by atomic mass is 32.1. The minimum absolute atomic E-state index is 0.140. The maximum Gasteiger partial charge on any atom is 0.329 e. The molecule has 132 valence electrons. The van der Waals surface area contributed by atoms with E-state index in [-0.39, 0.29) is 12.2 Å². The molecule has 1 aliphatic rings. The van der Waals surface area contributed by atoms with Gasteiger partial charge in [-0.2, -0.15) is 0 Å². The van der Waals surface area contributed by atoms with Crippen molar-refractivity contribution in [2.24, 2.45) is 0 Å². The fraction of sp³-hybridized carbons (Fsp3) is 0.111. The summed E-state index contributed by atoms with van der Waals surface area (Å²) in [5.74, 6) is -1.02. The number of nitrogens with one attached hydrogen (secondary N) is 2. The predicted molar refractivity (Wildman–Crippen MR) is 99.2 cm³/mol. The second-order valence-corrected chi connectivity index (χ2v) is 6.46. The van der Waals surface area contributed by atoms with Crippen LogP contribution in [0.2, 0.25) is 0 Å². The fourth-order valence-corrected chi connectivity index (χ4v) is 2.93. The van der Waals surface area contributed by atoms with Gasteiger partial charge in [0.2, 0.25) is 5.91 Å². The Morgan fingerprint density at radius 3 is 2.77 bits per heavy atom. The number of nitrogens with zero attached hydrogens (tertiary/aromatic N) is 2. The van der Waals surface area contributed by atoms with E-state index in [1.165, 1.54) is 11.3 Å². The number of hydrogen-bond donors (Lipinski definition) is 2. The Balaban J connectivity index is 1.68. The lowest BCUT2D eigenvalue weighted by atomic mass is 10.1. The van der Waals surface area contributed by atoms with E-state index in [9.17, 15) is 14.4 Å². The van der Waals surface area contributed by atoms with Crippen LogP contribution in [0, 0.1) is 0 Å². The van der Waals surface area contributed by atoms with Gasteiger partial charge in [0.1, 0.15) is 12.2 Å². The number of aromatic nitrogens is 1. The highest BCUT2D eigenvalue weighted by Gasteiger charge is 2.34. The predicted octanol–water partition coefficient (Wildman–Crippen LogP) is 2.62. The number of rotatable bonds is 5. The number of hydrogen-bond acceptors (Lipinski definition) is 5. The van der Waals surface area contributed by atoms with Crippen molar-refractivity contribution in [1.82, 2.24) is 15.2 Å². The van der Waals surface area contributed by atoms with Gasteiger partial charge in [-0.05, 0) is 24.1 Å². The summed E-state index contributed by atoms with van der Waals surface area (Å²) >= 11 is 1.25. The topological polar surface area (TPSA) is 91.4 Å². The second-order valence-electron chi connectivity index (χ2n) is 5.56. The summed E-state index contributed by atoms with van der Waals surface area (Å²) in [7, 11) is 0. The SMILES string of the molecule is CC(/C=C1\NC(=O)N(CC(=O)Nc2nccs2)C1=O)=C\c1ccccc1. The smallest absolute Gasteiger partial charge is 0.303 e. The van der Waals surface area contributed by atoms with E-state index in [2.05, 4.69) is 15.6 Å². The lowest BCUT2D eigenvalue weighted by Gasteiger charge is -2.10. The van der Waals surface area contributed by atoms with E-state index in [1.807, 2.05) is 43.3 Å². The Bertz CT molecular complexity index is 888. The molecule has 1 fully saturated rings. The maximum absolute atomic E-state index is 12.4. The minimum Gasteiger partial charge on any atom is -0.303 e. The normalized spacial score (nSPS) is 16.1. The van der Waals surface area contributed by atoms with Crippen LogP contribution in [-0.2, 0) is 9.59 Å². The number of amides is 4. The molecule has 1 aliphatic heterocycles. The molecule has 0 atom stereocenters. The van der Waals surface area contributed by atoms with Gasteiger partial charge in [0, 0.05) is 11.6 Å². The zero-order chi connectivity index (χ0) is 18.5. The zero-order valence-corrected chi connectivity index (χ0v) is 14.7. The Morgan fingerprint density at radius 2 is 2.08 bits per heavy atom. The number of carbonyl (C=O) groups excluding carboxylic acids is 3. The molecule has 3 rings (SSSR count). The van der Waals surface area contributed by atoms with Gasteiger partial charge in [-0.1, -0.05) is 36.4 Å². The Hall–Kier alpha value is -3.26. The van der Waals surface area contributed by atoms with Crippen LogP contribution in [0.5, 0.6) is 0 Å². The average molecular weight is 368 g/mol. The molecule has 0 spiro atoms. The van der Waals surface area contributed by atoms with Crippen molar-refractivity contribution in [2.45, 2.75) is 6.92 Å². The molecule has 0 bridgehead atoms. The van der Waals surface area contributed by atoms with Crippen molar-refractivity contribution in [3.8, 4) is 0 Å². The van der Waals surface area contributed by atoms with E-state index >= 15 is 0 Å². The van der Waals surface area contributed by atoms with E-state index in [4.69, 9.17) is 0 Å². The molecule has 2 heterocycles. The Morgan fingerprint density at radius 1 is 1.31 bits per heavy atom. The van der Waals surface area contributed by atoms with Crippen LogP contribution in [-0.4, -0.2) is 34.3 Å². The molecule has 0 aliphatic carbocycles. The first-order valence-corrected chi connectivity index (χ1v) is 8.68. The van der Waals surface area contributed by atoms with Crippen molar-refractivity contribution in [1.29, 1.82) is 0 Å². The largest absolute Gasteiger partial charge is 0.329 e. The van der Waals surface area contributed by atoms with Crippen LogP contribution >= 0.6 is 11.3 Å². The van der Waals surface area contributed by atoms with Gasteiger partial charge in [0.15, 0.2) is 5.13 Å². The molecule has 8 heteroatoms. The molecule has 4 amide bonds. The van der Waals surface area contributed by atoms with E-state index < -0.39 is 17.8 Å². The third kappa shape index (κ3) is 4.22. The van der Waals surface area contributed by atoms with E-state index in [0.717, 1.165) is 16.0 Å². The highest BCUT2D eigenvalue weighted by molar-refractivity contribution is 7.13. The first kappa shape index (κ1) is 17.6. The van der Waals surface area contributed by atoms with Gasteiger partial charge in [-0.15, -0.1) is 11.3 Å². The molecule has 1 aromatic heterocycles. The van der Waals surface area contributed by atoms with Crippen molar-refractivity contribution in [3.63, 3.8) is 0 Å².